The van der Waals surface area contributed by atoms with Crippen molar-refractivity contribution < 1.29 is 0 Å². The molecule has 2 heteroatoms. The Kier molecular flexibility index (Phi) is 6.82. The largest absolute Gasteiger partial charge is 0.312 e. The molecule has 0 bridgehead atoms. The number of nitrogens with zero attached hydrogens (tertiary/aromatic N) is 1. The molecule has 0 aromatic rings. The first-order valence-electron chi connectivity index (χ1n) is 8.40. The molecule has 1 N–H and O–H groups in total. The lowest BCUT2D eigenvalue weighted by Gasteiger charge is -2.48. The van der Waals surface area contributed by atoms with Gasteiger partial charge in [0.05, 0.1) is 0 Å². The van der Waals surface area contributed by atoms with Crippen LogP contribution in [0.2, 0.25) is 0 Å². The fraction of sp³-hybridized carbons (Fsp3) is 1.00. The number of rotatable bonds is 7. The summed E-state index contributed by atoms with van der Waals surface area (Å²) in [7, 11) is 0. The second-order valence-corrected chi connectivity index (χ2v) is 7.37. The summed E-state index contributed by atoms with van der Waals surface area (Å²) in [6, 6.07) is 2.07. The first-order chi connectivity index (χ1) is 8.91. The van der Waals surface area contributed by atoms with E-state index in [2.05, 4.69) is 51.8 Å². The number of hydrogen-bond donors (Lipinski definition) is 1. The van der Waals surface area contributed by atoms with Gasteiger partial charge in [0.15, 0.2) is 0 Å². The second-order valence-electron chi connectivity index (χ2n) is 7.37. The van der Waals surface area contributed by atoms with E-state index in [0.29, 0.717) is 17.5 Å². The van der Waals surface area contributed by atoms with Gasteiger partial charge in [-0.25, -0.2) is 0 Å². The van der Waals surface area contributed by atoms with E-state index in [1.54, 1.807) is 0 Å². The van der Waals surface area contributed by atoms with E-state index in [9.17, 15) is 0 Å². The summed E-state index contributed by atoms with van der Waals surface area (Å²) < 4.78 is 0. The van der Waals surface area contributed by atoms with Crippen LogP contribution in [0.3, 0.4) is 0 Å². The molecule has 2 nitrogen and oxygen atoms in total. The van der Waals surface area contributed by atoms with Crippen LogP contribution in [-0.4, -0.2) is 36.1 Å². The van der Waals surface area contributed by atoms with E-state index >= 15 is 0 Å². The molecule has 0 heterocycles. The Balaban J connectivity index is 2.78. The lowest BCUT2D eigenvalue weighted by Crippen LogP contribution is -2.56. The monoisotopic (exact) mass is 268 g/mol. The van der Waals surface area contributed by atoms with Gasteiger partial charge in [-0.2, -0.15) is 0 Å². The molecular formula is C17H36N2. The Hall–Kier alpha value is -0.0800. The van der Waals surface area contributed by atoms with Gasteiger partial charge in [-0.1, -0.05) is 27.7 Å². The minimum atomic E-state index is 0.510. The van der Waals surface area contributed by atoms with Crippen LogP contribution in [0.5, 0.6) is 0 Å². The molecule has 0 aromatic heterocycles. The van der Waals surface area contributed by atoms with Crippen molar-refractivity contribution in [3.05, 3.63) is 0 Å². The van der Waals surface area contributed by atoms with Crippen molar-refractivity contribution in [3.63, 3.8) is 0 Å². The molecule has 0 aromatic carbocycles. The summed E-state index contributed by atoms with van der Waals surface area (Å²) in [5.41, 5.74) is 0.510. The molecule has 0 radical (unpaired) electrons. The summed E-state index contributed by atoms with van der Waals surface area (Å²) in [5, 5.41) is 3.81. The maximum absolute atomic E-state index is 3.81. The van der Waals surface area contributed by atoms with Gasteiger partial charge in [-0.3, -0.25) is 4.90 Å². The van der Waals surface area contributed by atoms with Gasteiger partial charge in [0.25, 0.3) is 0 Å². The third kappa shape index (κ3) is 5.07. The van der Waals surface area contributed by atoms with Crippen molar-refractivity contribution in [2.24, 2.45) is 5.41 Å². The normalized spacial score (nSPS) is 27.2. The van der Waals surface area contributed by atoms with E-state index in [1.165, 1.54) is 45.2 Å². The summed E-state index contributed by atoms with van der Waals surface area (Å²) in [5.74, 6) is 0. The molecule has 19 heavy (non-hydrogen) atoms. The number of nitrogens with one attached hydrogen (secondary N) is 1. The van der Waals surface area contributed by atoms with Crippen LogP contribution < -0.4 is 5.32 Å². The van der Waals surface area contributed by atoms with Gasteiger partial charge in [0.2, 0.25) is 0 Å². The fourth-order valence-corrected chi connectivity index (χ4v) is 3.53. The Morgan fingerprint density at radius 3 is 2.42 bits per heavy atom. The van der Waals surface area contributed by atoms with E-state index in [-0.39, 0.29) is 0 Å². The van der Waals surface area contributed by atoms with Gasteiger partial charge < -0.3 is 5.32 Å². The topological polar surface area (TPSA) is 15.3 Å². The van der Waals surface area contributed by atoms with Crippen LogP contribution >= 0.6 is 0 Å². The summed E-state index contributed by atoms with van der Waals surface area (Å²) in [4.78, 5) is 2.74. The van der Waals surface area contributed by atoms with E-state index in [0.717, 1.165) is 6.04 Å². The SMILES string of the molecule is CCCNC1CCC(C)(C)CC1N(CCC)C(C)C. The van der Waals surface area contributed by atoms with Gasteiger partial charge >= 0.3 is 0 Å². The molecule has 2 unspecified atom stereocenters. The van der Waals surface area contributed by atoms with Crippen LogP contribution in [0.15, 0.2) is 0 Å². The van der Waals surface area contributed by atoms with Crippen molar-refractivity contribution in [2.45, 2.75) is 91.8 Å². The van der Waals surface area contributed by atoms with Crippen LogP contribution in [0.1, 0.15) is 73.6 Å². The molecule has 1 aliphatic rings. The van der Waals surface area contributed by atoms with Crippen molar-refractivity contribution in [1.82, 2.24) is 10.2 Å². The average Bonchev–Trinajstić information content (AvgIpc) is 2.33. The van der Waals surface area contributed by atoms with E-state index < -0.39 is 0 Å². The van der Waals surface area contributed by atoms with Crippen molar-refractivity contribution in [3.8, 4) is 0 Å². The molecule has 0 saturated heterocycles. The average molecular weight is 268 g/mol. The van der Waals surface area contributed by atoms with Gasteiger partial charge in [-0.05, 0) is 64.5 Å². The Morgan fingerprint density at radius 2 is 1.89 bits per heavy atom. The minimum absolute atomic E-state index is 0.510. The Labute approximate surface area is 121 Å². The van der Waals surface area contributed by atoms with E-state index in [4.69, 9.17) is 0 Å². The molecule has 0 aliphatic heterocycles. The molecular weight excluding hydrogens is 232 g/mol. The first-order valence-corrected chi connectivity index (χ1v) is 8.40. The predicted molar refractivity (Wildman–Crippen MR) is 85.6 cm³/mol. The molecule has 2 atom stereocenters. The smallest absolute Gasteiger partial charge is 0.0257 e. The molecule has 1 rings (SSSR count). The molecule has 1 aliphatic carbocycles. The second kappa shape index (κ2) is 7.64. The third-order valence-corrected chi connectivity index (χ3v) is 4.59. The zero-order valence-electron chi connectivity index (χ0n) is 14.1. The lowest BCUT2D eigenvalue weighted by atomic mass is 9.72. The summed E-state index contributed by atoms with van der Waals surface area (Å²) >= 11 is 0. The molecule has 114 valence electrons. The van der Waals surface area contributed by atoms with Crippen LogP contribution in [0.25, 0.3) is 0 Å². The third-order valence-electron chi connectivity index (χ3n) is 4.59. The summed E-state index contributed by atoms with van der Waals surface area (Å²) in [6.45, 7) is 16.6. The van der Waals surface area contributed by atoms with Crippen LogP contribution in [-0.2, 0) is 0 Å². The van der Waals surface area contributed by atoms with Crippen molar-refractivity contribution in [1.29, 1.82) is 0 Å². The predicted octanol–water partition coefficient (Wildman–Crippen LogP) is 4.05. The maximum atomic E-state index is 3.81. The molecule has 1 saturated carbocycles. The van der Waals surface area contributed by atoms with Crippen LogP contribution in [0.4, 0.5) is 0 Å². The fourth-order valence-electron chi connectivity index (χ4n) is 3.53. The zero-order valence-corrected chi connectivity index (χ0v) is 14.1. The van der Waals surface area contributed by atoms with Gasteiger partial charge in [-0.15, -0.1) is 0 Å². The molecule has 1 fully saturated rings. The first kappa shape index (κ1) is 17.0. The highest BCUT2D eigenvalue weighted by atomic mass is 15.2. The zero-order chi connectivity index (χ0) is 14.5. The van der Waals surface area contributed by atoms with E-state index in [1.807, 2.05) is 0 Å². The summed E-state index contributed by atoms with van der Waals surface area (Å²) in [6.07, 6.45) is 6.54. The van der Waals surface area contributed by atoms with Crippen molar-refractivity contribution in [2.75, 3.05) is 13.1 Å². The van der Waals surface area contributed by atoms with Crippen LogP contribution in [0, 0.1) is 5.41 Å². The van der Waals surface area contributed by atoms with Gasteiger partial charge in [0.1, 0.15) is 0 Å². The Bertz CT molecular complexity index is 248. The highest BCUT2D eigenvalue weighted by Crippen LogP contribution is 2.38. The standard InChI is InChI=1S/C17H36N2/c1-7-11-18-15-9-10-17(5,6)13-16(15)19(12-8-2)14(3)4/h14-16,18H,7-13H2,1-6H3. The minimum Gasteiger partial charge on any atom is -0.312 e. The van der Waals surface area contributed by atoms with Gasteiger partial charge in [0, 0.05) is 18.1 Å². The molecule has 0 amide bonds. The highest BCUT2D eigenvalue weighted by molar-refractivity contribution is 4.95. The highest BCUT2D eigenvalue weighted by Gasteiger charge is 2.38. The number of hydrogen-bond acceptors (Lipinski definition) is 2. The van der Waals surface area contributed by atoms with Crippen molar-refractivity contribution >= 4 is 0 Å². The molecule has 0 spiro atoms. The lowest BCUT2D eigenvalue weighted by molar-refractivity contribution is 0.0449. The maximum Gasteiger partial charge on any atom is 0.0257 e. The Morgan fingerprint density at radius 1 is 1.21 bits per heavy atom. The quantitative estimate of drug-likeness (QED) is 0.749.